The van der Waals surface area contributed by atoms with Crippen molar-refractivity contribution >= 4 is 11.6 Å². The lowest BCUT2D eigenvalue weighted by atomic mass is 10.1. The van der Waals surface area contributed by atoms with Crippen LogP contribution in [-0.4, -0.2) is 29.9 Å². The zero-order valence-corrected chi connectivity index (χ0v) is 13.6. The molecule has 1 aliphatic rings. The van der Waals surface area contributed by atoms with Crippen LogP contribution >= 0.6 is 0 Å². The molecule has 1 aromatic carbocycles. The molecule has 3 nitrogen and oxygen atoms in total. The predicted molar refractivity (Wildman–Crippen MR) is 88.7 cm³/mol. The Morgan fingerprint density at radius 3 is 2.48 bits per heavy atom. The van der Waals surface area contributed by atoms with Crippen LogP contribution in [0.4, 0.5) is 5.69 Å². The predicted octanol–water partition coefficient (Wildman–Crippen LogP) is 4.16. The Morgan fingerprint density at radius 2 is 1.95 bits per heavy atom. The van der Waals surface area contributed by atoms with Gasteiger partial charge in [0.05, 0.1) is 0 Å². The molecule has 2 rings (SSSR count). The van der Waals surface area contributed by atoms with Gasteiger partial charge in [-0.1, -0.05) is 20.8 Å². The van der Waals surface area contributed by atoms with Gasteiger partial charge in [0, 0.05) is 30.4 Å². The molecule has 1 fully saturated rings. The van der Waals surface area contributed by atoms with Crippen LogP contribution < -0.4 is 5.32 Å². The maximum atomic E-state index is 12.7. The molecule has 21 heavy (non-hydrogen) atoms. The van der Waals surface area contributed by atoms with Crippen LogP contribution in [0.3, 0.4) is 0 Å². The van der Waals surface area contributed by atoms with E-state index in [1.54, 1.807) is 0 Å². The number of rotatable bonds is 8. The summed E-state index contributed by atoms with van der Waals surface area (Å²) < 4.78 is 0. The van der Waals surface area contributed by atoms with Crippen LogP contribution in [0, 0.1) is 5.92 Å². The van der Waals surface area contributed by atoms with E-state index in [2.05, 4.69) is 31.0 Å². The topological polar surface area (TPSA) is 32.3 Å². The summed E-state index contributed by atoms with van der Waals surface area (Å²) in [5, 5.41) is 3.34. The Bertz CT molecular complexity index is 449. The molecule has 0 saturated heterocycles. The van der Waals surface area contributed by atoms with Crippen molar-refractivity contribution in [1.29, 1.82) is 0 Å². The molecule has 1 saturated carbocycles. The standard InChI is InChI=1S/C18H28N2O/c1-4-12-19-16-7-5-15(6-8-16)18(21)20(17-9-10-17)13-11-14(2)3/h5-8,14,17,19H,4,9-13H2,1-3H3. The van der Waals surface area contributed by atoms with E-state index >= 15 is 0 Å². The Hall–Kier alpha value is -1.51. The van der Waals surface area contributed by atoms with Crippen LogP contribution in [0.2, 0.25) is 0 Å². The second-order valence-corrected chi connectivity index (χ2v) is 6.42. The number of nitrogens with one attached hydrogen (secondary N) is 1. The molecular formula is C18H28N2O. The number of carbonyl (C=O) groups excluding carboxylic acids is 1. The van der Waals surface area contributed by atoms with Crippen molar-refractivity contribution in [3.63, 3.8) is 0 Å². The third kappa shape index (κ3) is 4.76. The summed E-state index contributed by atoms with van der Waals surface area (Å²) in [6, 6.07) is 8.40. The first kappa shape index (κ1) is 15.9. The molecule has 0 spiro atoms. The zero-order chi connectivity index (χ0) is 15.2. The maximum absolute atomic E-state index is 12.7. The van der Waals surface area contributed by atoms with Crippen LogP contribution in [0.25, 0.3) is 0 Å². The maximum Gasteiger partial charge on any atom is 0.254 e. The highest BCUT2D eigenvalue weighted by Gasteiger charge is 2.32. The molecule has 116 valence electrons. The summed E-state index contributed by atoms with van der Waals surface area (Å²) in [5.41, 5.74) is 1.90. The van der Waals surface area contributed by atoms with Crippen molar-refractivity contribution in [2.24, 2.45) is 5.92 Å². The van der Waals surface area contributed by atoms with Gasteiger partial charge in [0.25, 0.3) is 5.91 Å². The van der Waals surface area contributed by atoms with E-state index in [0.717, 1.165) is 37.2 Å². The number of amides is 1. The van der Waals surface area contributed by atoms with E-state index in [-0.39, 0.29) is 5.91 Å². The fraction of sp³-hybridized carbons (Fsp3) is 0.611. The van der Waals surface area contributed by atoms with Gasteiger partial charge >= 0.3 is 0 Å². The second-order valence-electron chi connectivity index (χ2n) is 6.42. The highest BCUT2D eigenvalue weighted by molar-refractivity contribution is 5.95. The van der Waals surface area contributed by atoms with Gasteiger partial charge in [-0.05, 0) is 55.9 Å². The molecule has 3 heteroatoms. The number of hydrogen-bond acceptors (Lipinski definition) is 2. The van der Waals surface area contributed by atoms with Gasteiger partial charge in [-0.25, -0.2) is 0 Å². The van der Waals surface area contributed by atoms with E-state index < -0.39 is 0 Å². The fourth-order valence-corrected chi connectivity index (χ4v) is 2.40. The molecule has 1 amide bonds. The lowest BCUT2D eigenvalue weighted by Gasteiger charge is -2.23. The summed E-state index contributed by atoms with van der Waals surface area (Å²) in [6.45, 7) is 8.42. The highest BCUT2D eigenvalue weighted by atomic mass is 16.2. The third-order valence-electron chi connectivity index (χ3n) is 3.91. The van der Waals surface area contributed by atoms with Crippen molar-refractivity contribution in [3.8, 4) is 0 Å². The molecule has 0 heterocycles. The van der Waals surface area contributed by atoms with Crippen LogP contribution in [0.5, 0.6) is 0 Å². The number of nitrogens with zero attached hydrogens (tertiary/aromatic N) is 1. The normalized spacial score (nSPS) is 14.3. The molecule has 0 unspecified atom stereocenters. The number of anilines is 1. The van der Waals surface area contributed by atoms with Crippen molar-refractivity contribution in [3.05, 3.63) is 29.8 Å². The molecule has 0 radical (unpaired) electrons. The first-order valence-electron chi connectivity index (χ1n) is 8.26. The minimum absolute atomic E-state index is 0.195. The van der Waals surface area contributed by atoms with Crippen LogP contribution in [0.1, 0.15) is 56.8 Å². The number of carbonyl (C=O) groups is 1. The Kier molecular flexibility index (Phi) is 5.66. The first-order chi connectivity index (χ1) is 10.1. The summed E-state index contributed by atoms with van der Waals surface area (Å²) in [7, 11) is 0. The van der Waals surface area contributed by atoms with Gasteiger partial charge in [0.2, 0.25) is 0 Å². The number of benzene rings is 1. The average Bonchev–Trinajstić information content (AvgIpc) is 3.30. The lowest BCUT2D eigenvalue weighted by Crippen LogP contribution is -2.34. The summed E-state index contributed by atoms with van der Waals surface area (Å²) >= 11 is 0. The van der Waals surface area contributed by atoms with E-state index in [1.165, 1.54) is 12.8 Å². The first-order valence-corrected chi connectivity index (χ1v) is 8.26. The number of hydrogen-bond donors (Lipinski definition) is 1. The monoisotopic (exact) mass is 288 g/mol. The SMILES string of the molecule is CCCNc1ccc(C(=O)N(CCC(C)C)C2CC2)cc1. The Balaban J connectivity index is 1.99. The van der Waals surface area contributed by atoms with E-state index in [1.807, 2.05) is 24.3 Å². The lowest BCUT2D eigenvalue weighted by molar-refractivity contribution is 0.0735. The molecular weight excluding hydrogens is 260 g/mol. The van der Waals surface area contributed by atoms with E-state index in [9.17, 15) is 4.79 Å². The van der Waals surface area contributed by atoms with Gasteiger partial charge in [-0.2, -0.15) is 0 Å². The highest BCUT2D eigenvalue weighted by Crippen LogP contribution is 2.29. The average molecular weight is 288 g/mol. The van der Waals surface area contributed by atoms with Crippen LogP contribution in [-0.2, 0) is 0 Å². The molecule has 1 aliphatic carbocycles. The second kappa shape index (κ2) is 7.48. The zero-order valence-electron chi connectivity index (χ0n) is 13.6. The summed E-state index contributed by atoms with van der Waals surface area (Å²) in [5.74, 6) is 0.833. The minimum Gasteiger partial charge on any atom is -0.385 e. The van der Waals surface area contributed by atoms with Gasteiger partial charge in [-0.3, -0.25) is 4.79 Å². The largest absolute Gasteiger partial charge is 0.385 e. The quantitative estimate of drug-likeness (QED) is 0.779. The van der Waals surface area contributed by atoms with E-state index in [4.69, 9.17) is 0 Å². The minimum atomic E-state index is 0.195. The molecule has 0 bridgehead atoms. The van der Waals surface area contributed by atoms with Crippen molar-refractivity contribution in [1.82, 2.24) is 4.90 Å². The van der Waals surface area contributed by atoms with Crippen LogP contribution in [0.15, 0.2) is 24.3 Å². The van der Waals surface area contributed by atoms with E-state index in [0.29, 0.717) is 12.0 Å². The van der Waals surface area contributed by atoms with Gasteiger partial charge in [0.15, 0.2) is 0 Å². The smallest absolute Gasteiger partial charge is 0.254 e. The molecule has 1 aromatic rings. The van der Waals surface area contributed by atoms with Gasteiger partial charge < -0.3 is 10.2 Å². The Morgan fingerprint density at radius 1 is 1.29 bits per heavy atom. The molecule has 0 aromatic heterocycles. The molecule has 0 aliphatic heterocycles. The Labute approximate surface area is 128 Å². The van der Waals surface area contributed by atoms with Crippen molar-refractivity contribution < 1.29 is 4.79 Å². The van der Waals surface area contributed by atoms with Gasteiger partial charge in [0.1, 0.15) is 0 Å². The molecule has 1 N–H and O–H groups in total. The van der Waals surface area contributed by atoms with Crippen molar-refractivity contribution in [2.75, 3.05) is 18.4 Å². The fourth-order valence-electron chi connectivity index (χ4n) is 2.40. The van der Waals surface area contributed by atoms with Gasteiger partial charge in [-0.15, -0.1) is 0 Å². The molecule has 0 atom stereocenters. The summed E-state index contributed by atoms with van der Waals surface area (Å²) in [4.78, 5) is 14.7. The third-order valence-corrected chi connectivity index (χ3v) is 3.91. The van der Waals surface area contributed by atoms with Crippen molar-refractivity contribution in [2.45, 2.75) is 52.5 Å². The summed E-state index contributed by atoms with van der Waals surface area (Å²) in [6.07, 6.45) is 4.52.